The van der Waals surface area contributed by atoms with E-state index in [1.807, 2.05) is 30.5 Å². The predicted octanol–water partition coefficient (Wildman–Crippen LogP) is 2.57. The van der Waals surface area contributed by atoms with Crippen molar-refractivity contribution in [1.82, 2.24) is 15.3 Å². The molecule has 1 aliphatic heterocycles. The van der Waals surface area contributed by atoms with Crippen molar-refractivity contribution in [2.45, 2.75) is 18.9 Å². The molecule has 0 amide bonds. The van der Waals surface area contributed by atoms with Gasteiger partial charge in [-0.2, -0.15) is 0 Å². The minimum atomic E-state index is 0.332. The molecule has 1 atom stereocenters. The van der Waals surface area contributed by atoms with Crippen molar-refractivity contribution < 1.29 is 0 Å². The highest BCUT2D eigenvalue weighted by Crippen LogP contribution is 2.22. The summed E-state index contributed by atoms with van der Waals surface area (Å²) in [6.07, 6.45) is 4.20. The van der Waals surface area contributed by atoms with E-state index in [-0.39, 0.29) is 0 Å². The van der Waals surface area contributed by atoms with Crippen LogP contribution in [0.15, 0.2) is 42.6 Å². The van der Waals surface area contributed by atoms with Gasteiger partial charge in [-0.1, -0.05) is 30.3 Å². The van der Waals surface area contributed by atoms with Crippen LogP contribution in [0.1, 0.15) is 24.7 Å². The fourth-order valence-corrected chi connectivity index (χ4v) is 2.22. The van der Waals surface area contributed by atoms with Gasteiger partial charge in [0.15, 0.2) is 0 Å². The standard InChI is InChI=1S/C14H15N3/c1-2-5-11(6-3-1)12-8-10-16-14(17-12)13-7-4-9-15-13/h1-3,5-6,8,10,13,15H,4,7,9H2. The number of hydrogen-bond acceptors (Lipinski definition) is 3. The number of rotatable bonds is 2. The first-order valence-electron chi connectivity index (χ1n) is 6.05. The summed E-state index contributed by atoms with van der Waals surface area (Å²) >= 11 is 0. The van der Waals surface area contributed by atoms with Gasteiger partial charge in [-0.05, 0) is 25.5 Å². The number of benzene rings is 1. The first-order valence-corrected chi connectivity index (χ1v) is 6.05. The first-order chi connectivity index (χ1) is 8.43. The van der Waals surface area contributed by atoms with Gasteiger partial charge in [0.1, 0.15) is 5.82 Å². The fourth-order valence-electron chi connectivity index (χ4n) is 2.22. The van der Waals surface area contributed by atoms with E-state index in [9.17, 15) is 0 Å². The average Bonchev–Trinajstić information content (AvgIpc) is 2.94. The molecule has 0 aliphatic carbocycles. The minimum absolute atomic E-state index is 0.332. The quantitative estimate of drug-likeness (QED) is 0.853. The molecule has 3 heteroatoms. The molecule has 1 aromatic carbocycles. The van der Waals surface area contributed by atoms with Gasteiger partial charge in [0.2, 0.25) is 0 Å². The monoisotopic (exact) mass is 225 g/mol. The predicted molar refractivity (Wildman–Crippen MR) is 67.4 cm³/mol. The van der Waals surface area contributed by atoms with Crippen molar-refractivity contribution >= 4 is 0 Å². The van der Waals surface area contributed by atoms with Crippen molar-refractivity contribution in [1.29, 1.82) is 0 Å². The van der Waals surface area contributed by atoms with Crippen LogP contribution in [0.3, 0.4) is 0 Å². The molecule has 0 bridgehead atoms. The van der Waals surface area contributed by atoms with Crippen LogP contribution in [0.2, 0.25) is 0 Å². The van der Waals surface area contributed by atoms with Gasteiger partial charge in [0.25, 0.3) is 0 Å². The second kappa shape index (κ2) is 4.63. The van der Waals surface area contributed by atoms with Gasteiger partial charge in [0, 0.05) is 11.8 Å². The Morgan fingerprint density at radius 2 is 2.00 bits per heavy atom. The largest absolute Gasteiger partial charge is 0.307 e. The first kappa shape index (κ1) is 10.4. The molecule has 3 rings (SSSR count). The van der Waals surface area contributed by atoms with E-state index in [0.29, 0.717) is 6.04 Å². The molecule has 1 N–H and O–H groups in total. The lowest BCUT2D eigenvalue weighted by atomic mass is 10.1. The lowest BCUT2D eigenvalue weighted by molar-refractivity contribution is 0.605. The molecule has 3 nitrogen and oxygen atoms in total. The van der Waals surface area contributed by atoms with Crippen LogP contribution in [0.4, 0.5) is 0 Å². The molecule has 2 heterocycles. The molecule has 1 unspecified atom stereocenters. The third-order valence-electron chi connectivity index (χ3n) is 3.12. The highest BCUT2D eigenvalue weighted by atomic mass is 15.0. The number of nitrogens with zero attached hydrogens (tertiary/aromatic N) is 2. The third-order valence-corrected chi connectivity index (χ3v) is 3.12. The van der Waals surface area contributed by atoms with Crippen molar-refractivity contribution in [3.63, 3.8) is 0 Å². The maximum absolute atomic E-state index is 4.65. The Hall–Kier alpha value is -1.74. The van der Waals surface area contributed by atoms with Gasteiger partial charge in [-0.15, -0.1) is 0 Å². The summed E-state index contributed by atoms with van der Waals surface area (Å²) < 4.78 is 0. The number of hydrogen-bond donors (Lipinski definition) is 1. The molecule has 1 aliphatic rings. The summed E-state index contributed by atoms with van der Waals surface area (Å²) in [5.41, 5.74) is 2.15. The molecular weight excluding hydrogens is 210 g/mol. The maximum atomic E-state index is 4.65. The zero-order chi connectivity index (χ0) is 11.5. The van der Waals surface area contributed by atoms with Gasteiger partial charge in [-0.3, -0.25) is 0 Å². The van der Waals surface area contributed by atoms with E-state index in [2.05, 4.69) is 27.4 Å². The minimum Gasteiger partial charge on any atom is -0.307 e. The molecular formula is C14H15N3. The van der Waals surface area contributed by atoms with Gasteiger partial charge in [-0.25, -0.2) is 9.97 Å². The topological polar surface area (TPSA) is 37.8 Å². The lowest BCUT2D eigenvalue weighted by Gasteiger charge is -2.09. The highest BCUT2D eigenvalue weighted by Gasteiger charge is 2.18. The van der Waals surface area contributed by atoms with Crippen LogP contribution in [0.5, 0.6) is 0 Å². The summed E-state index contributed by atoms with van der Waals surface area (Å²) in [7, 11) is 0. The fraction of sp³-hybridized carbons (Fsp3) is 0.286. The van der Waals surface area contributed by atoms with E-state index in [1.165, 1.54) is 6.42 Å². The number of aromatic nitrogens is 2. The molecule has 2 aromatic rings. The summed E-state index contributed by atoms with van der Waals surface area (Å²) in [5, 5.41) is 3.43. The van der Waals surface area contributed by atoms with Crippen LogP contribution in [-0.2, 0) is 0 Å². The van der Waals surface area contributed by atoms with Gasteiger partial charge < -0.3 is 5.32 Å². The van der Waals surface area contributed by atoms with Crippen LogP contribution >= 0.6 is 0 Å². The Bertz CT molecular complexity index is 490. The van der Waals surface area contributed by atoms with Crippen molar-refractivity contribution in [3.8, 4) is 11.3 Å². The zero-order valence-electron chi connectivity index (χ0n) is 9.63. The Kier molecular flexibility index (Phi) is 2.84. The maximum Gasteiger partial charge on any atom is 0.145 e. The van der Waals surface area contributed by atoms with Crippen LogP contribution in [0.25, 0.3) is 11.3 Å². The third kappa shape index (κ3) is 2.19. The lowest BCUT2D eigenvalue weighted by Crippen LogP contribution is -2.15. The molecule has 0 radical (unpaired) electrons. The van der Waals surface area contributed by atoms with E-state index in [1.54, 1.807) is 0 Å². The molecule has 0 spiro atoms. The molecule has 17 heavy (non-hydrogen) atoms. The zero-order valence-corrected chi connectivity index (χ0v) is 9.63. The van der Waals surface area contributed by atoms with E-state index >= 15 is 0 Å². The van der Waals surface area contributed by atoms with Crippen LogP contribution < -0.4 is 5.32 Å². The van der Waals surface area contributed by atoms with Gasteiger partial charge >= 0.3 is 0 Å². The van der Waals surface area contributed by atoms with E-state index in [0.717, 1.165) is 30.0 Å². The normalized spacial score (nSPS) is 19.4. The Morgan fingerprint density at radius 3 is 2.76 bits per heavy atom. The molecule has 1 saturated heterocycles. The summed E-state index contributed by atoms with van der Waals surface area (Å²) in [6, 6.07) is 12.5. The Morgan fingerprint density at radius 1 is 1.12 bits per heavy atom. The van der Waals surface area contributed by atoms with Crippen molar-refractivity contribution in [2.24, 2.45) is 0 Å². The summed E-state index contributed by atoms with van der Waals surface area (Å²) in [6.45, 7) is 1.07. The molecule has 1 aromatic heterocycles. The second-order valence-corrected chi connectivity index (χ2v) is 4.32. The molecule has 1 fully saturated rings. The average molecular weight is 225 g/mol. The summed E-state index contributed by atoms with van der Waals surface area (Å²) in [5.74, 6) is 0.920. The van der Waals surface area contributed by atoms with Crippen LogP contribution in [0, 0.1) is 0 Å². The molecule has 0 saturated carbocycles. The van der Waals surface area contributed by atoms with E-state index in [4.69, 9.17) is 0 Å². The Labute approximate surface area is 101 Å². The van der Waals surface area contributed by atoms with Crippen molar-refractivity contribution in [2.75, 3.05) is 6.54 Å². The van der Waals surface area contributed by atoms with Crippen molar-refractivity contribution in [3.05, 3.63) is 48.4 Å². The van der Waals surface area contributed by atoms with Crippen LogP contribution in [-0.4, -0.2) is 16.5 Å². The Balaban J connectivity index is 1.94. The number of nitrogens with one attached hydrogen (secondary N) is 1. The second-order valence-electron chi connectivity index (χ2n) is 4.32. The van der Waals surface area contributed by atoms with E-state index < -0.39 is 0 Å². The smallest absolute Gasteiger partial charge is 0.145 e. The SMILES string of the molecule is c1ccc(-c2ccnc(C3CCCN3)n2)cc1. The highest BCUT2D eigenvalue weighted by molar-refractivity contribution is 5.58. The van der Waals surface area contributed by atoms with Gasteiger partial charge in [0.05, 0.1) is 11.7 Å². The summed E-state index contributed by atoms with van der Waals surface area (Å²) in [4.78, 5) is 9.02. The molecule has 86 valence electrons.